The van der Waals surface area contributed by atoms with Gasteiger partial charge < -0.3 is 0 Å². The van der Waals surface area contributed by atoms with Crippen molar-refractivity contribution < 1.29 is 0 Å². The fourth-order valence-corrected chi connectivity index (χ4v) is 4.53. The molecule has 0 N–H and O–H groups in total. The van der Waals surface area contributed by atoms with E-state index in [9.17, 15) is 0 Å². The van der Waals surface area contributed by atoms with Gasteiger partial charge in [0.15, 0.2) is 0 Å². The van der Waals surface area contributed by atoms with Crippen molar-refractivity contribution in [1.82, 2.24) is 0 Å². The molecule has 0 aliphatic rings. The second-order valence-electron chi connectivity index (χ2n) is 9.73. The molecule has 164 valence electrons. The maximum Gasteiger partial charge on any atom is -0.0412 e. The van der Waals surface area contributed by atoms with Gasteiger partial charge in [0, 0.05) is 0 Å². The number of hydrogen-bond donors (Lipinski definition) is 0. The molecule has 0 aromatic rings. The first-order valence-corrected chi connectivity index (χ1v) is 13.2. The minimum atomic E-state index is 0.882. The predicted octanol–water partition coefficient (Wildman–Crippen LogP) is 10.5. The van der Waals surface area contributed by atoms with Crippen LogP contribution in [0.4, 0.5) is 0 Å². The molecular formula is C27H56. The van der Waals surface area contributed by atoms with E-state index in [4.69, 9.17) is 0 Å². The van der Waals surface area contributed by atoms with Gasteiger partial charge in [-0.25, -0.2) is 0 Å². The highest BCUT2D eigenvalue weighted by atomic mass is 14.2. The zero-order valence-corrected chi connectivity index (χ0v) is 20.0. The molecule has 27 heavy (non-hydrogen) atoms. The highest BCUT2D eigenvalue weighted by Gasteiger charge is 2.10. The quantitative estimate of drug-likeness (QED) is 0.164. The molecule has 0 saturated heterocycles. The summed E-state index contributed by atoms with van der Waals surface area (Å²) < 4.78 is 0. The molecule has 0 aromatic carbocycles. The lowest BCUT2D eigenvalue weighted by molar-refractivity contribution is 0.338. The van der Waals surface area contributed by atoms with Gasteiger partial charge in [-0.15, -0.1) is 0 Å². The van der Waals surface area contributed by atoms with Crippen molar-refractivity contribution >= 4 is 0 Å². The Morgan fingerprint density at radius 3 is 1.00 bits per heavy atom. The second-order valence-corrected chi connectivity index (χ2v) is 9.73. The Bertz CT molecular complexity index is 233. The molecule has 0 saturated carbocycles. The first-order valence-electron chi connectivity index (χ1n) is 13.2. The van der Waals surface area contributed by atoms with Gasteiger partial charge in [-0.2, -0.15) is 0 Å². The SMILES string of the molecule is CCCCCCCCCCCC(CCCCCCCCCCC)CC(C)C. The Labute approximate surface area is 174 Å². The lowest BCUT2D eigenvalue weighted by atomic mass is 9.87. The summed E-state index contributed by atoms with van der Waals surface area (Å²) in [6, 6.07) is 0. The monoisotopic (exact) mass is 380 g/mol. The summed E-state index contributed by atoms with van der Waals surface area (Å²) in [6.07, 6.45) is 30.8. The van der Waals surface area contributed by atoms with E-state index in [2.05, 4.69) is 27.7 Å². The van der Waals surface area contributed by atoms with Crippen LogP contribution in [0.2, 0.25) is 0 Å². The third kappa shape index (κ3) is 22.2. The minimum Gasteiger partial charge on any atom is -0.0654 e. The normalized spacial score (nSPS) is 11.8. The van der Waals surface area contributed by atoms with Crippen LogP contribution in [0, 0.1) is 11.8 Å². The van der Waals surface area contributed by atoms with Crippen LogP contribution < -0.4 is 0 Å². The molecule has 0 amide bonds. The summed E-state index contributed by atoms with van der Waals surface area (Å²) in [5, 5.41) is 0. The van der Waals surface area contributed by atoms with Gasteiger partial charge in [0.05, 0.1) is 0 Å². The average molecular weight is 381 g/mol. The molecule has 0 aliphatic heterocycles. The molecule has 0 spiro atoms. The standard InChI is InChI=1S/C27H56/c1-5-7-9-11-13-15-17-19-21-23-27(25-26(3)4)24-22-20-18-16-14-12-10-8-6-2/h26-27H,5-25H2,1-4H3. The molecule has 0 radical (unpaired) electrons. The highest BCUT2D eigenvalue weighted by molar-refractivity contribution is 4.63. The van der Waals surface area contributed by atoms with Gasteiger partial charge in [0.1, 0.15) is 0 Å². The van der Waals surface area contributed by atoms with E-state index in [1.807, 2.05) is 0 Å². The van der Waals surface area contributed by atoms with E-state index >= 15 is 0 Å². The van der Waals surface area contributed by atoms with E-state index in [0.717, 1.165) is 11.8 Å². The van der Waals surface area contributed by atoms with Crippen LogP contribution in [-0.4, -0.2) is 0 Å². The van der Waals surface area contributed by atoms with Crippen molar-refractivity contribution in [3.63, 3.8) is 0 Å². The van der Waals surface area contributed by atoms with Gasteiger partial charge in [0.2, 0.25) is 0 Å². The Balaban J connectivity index is 3.56. The maximum absolute atomic E-state index is 2.42. The average Bonchev–Trinajstić information content (AvgIpc) is 2.64. The van der Waals surface area contributed by atoms with Crippen molar-refractivity contribution in [2.45, 2.75) is 163 Å². The first-order chi connectivity index (χ1) is 13.2. The summed E-state index contributed by atoms with van der Waals surface area (Å²) >= 11 is 0. The molecule has 0 bridgehead atoms. The Morgan fingerprint density at radius 2 is 0.704 bits per heavy atom. The number of unbranched alkanes of at least 4 members (excludes halogenated alkanes) is 16. The van der Waals surface area contributed by atoms with E-state index in [0.29, 0.717) is 0 Å². The molecule has 0 unspecified atom stereocenters. The molecule has 0 heteroatoms. The smallest absolute Gasteiger partial charge is 0.0412 e. The van der Waals surface area contributed by atoms with Crippen LogP contribution in [-0.2, 0) is 0 Å². The Kier molecular flexibility index (Phi) is 22.3. The van der Waals surface area contributed by atoms with Crippen molar-refractivity contribution in [1.29, 1.82) is 0 Å². The number of hydrogen-bond acceptors (Lipinski definition) is 0. The van der Waals surface area contributed by atoms with Crippen LogP contribution >= 0.6 is 0 Å². The van der Waals surface area contributed by atoms with Gasteiger partial charge >= 0.3 is 0 Å². The van der Waals surface area contributed by atoms with Crippen molar-refractivity contribution in [2.24, 2.45) is 11.8 Å². The lowest BCUT2D eigenvalue weighted by Gasteiger charge is -2.19. The van der Waals surface area contributed by atoms with Gasteiger partial charge in [-0.05, 0) is 18.3 Å². The van der Waals surface area contributed by atoms with E-state index in [1.54, 1.807) is 0 Å². The molecular weight excluding hydrogens is 324 g/mol. The third-order valence-electron chi connectivity index (χ3n) is 6.24. The Morgan fingerprint density at radius 1 is 0.407 bits per heavy atom. The molecule has 0 fully saturated rings. The fraction of sp³-hybridized carbons (Fsp3) is 1.00. The minimum absolute atomic E-state index is 0.882. The highest BCUT2D eigenvalue weighted by Crippen LogP contribution is 2.25. The van der Waals surface area contributed by atoms with Crippen LogP contribution in [0.1, 0.15) is 163 Å². The molecule has 0 heterocycles. The van der Waals surface area contributed by atoms with Gasteiger partial charge in [-0.3, -0.25) is 0 Å². The summed E-state index contributed by atoms with van der Waals surface area (Å²) in [4.78, 5) is 0. The van der Waals surface area contributed by atoms with Gasteiger partial charge in [0.25, 0.3) is 0 Å². The van der Waals surface area contributed by atoms with Crippen molar-refractivity contribution in [2.75, 3.05) is 0 Å². The van der Waals surface area contributed by atoms with E-state index in [-0.39, 0.29) is 0 Å². The van der Waals surface area contributed by atoms with Crippen molar-refractivity contribution in [3.05, 3.63) is 0 Å². The van der Waals surface area contributed by atoms with E-state index < -0.39 is 0 Å². The predicted molar refractivity (Wildman–Crippen MR) is 127 cm³/mol. The zero-order valence-electron chi connectivity index (χ0n) is 20.0. The molecule has 0 aromatic heterocycles. The van der Waals surface area contributed by atoms with Crippen LogP contribution in [0.15, 0.2) is 0 Å². The second kappa shape index (κ2) is 22.3. The fourth-order valence-electron chi connectivity index (χ4n) is 4.53. The lowest BCUT2D eigenvalue weighted by Crippen LogP contribution is -2.05. The van der Waals surface area contributed by atoms with Crippen LogP contribution in [0.25, 0.3) is 0 Å². The summed E-state index contributed by atoms with van der Waals surface area (Å²) in [7, 11) is 0. The first kappa shape index (κ1) is 27.0. The summed E-state index contributed by atoms with van der Waals surface area (Å²) in [5.41, 5.74) is 0. The molecule has 0 nitrogen and oxygen atoms in total. The van der Waals surface area contributed by atoms with E-state index in [1.165, 1.54) is 135 Å². The third-order valence-corrected chi connectivity index (χ3v) is 6.24. The zero-order chi connectivity index (χ0) is 20.0. The molecule has 0 atom stereocenters. The maximum atomic E-state index is 2.42. The van der Waals surface area contributed by atoms with Crippen LogP contribution in [0.5, 0.6) is 0 Å². The van der Waals surface area contributed by atoms with Crippen LogP contribution in [0.3, 0.4) is 0 Å². The summed E-state index contributed by atoms with van der Waals surface area (Å²) in [5.74, 6) is 1.89. The largest absolute Gasteiger partial charge is 0.0654 e. The Hall–Kier alpha value is 0. The van der Waals surface area contributed by atoms with Gasteiger partial charge in [-0.1, -0.05) is 156 Å². The molecule has 0 aliphatic carbocycles. The topological polar surface area (TPSA) is 0 Å². The molecule has 0 rings (SSSR count). The number of rotatable bonds is 22. The van der Waals surface area contributed by atoms with Crippen molar-refractivity contribution in [3.8, 4) is 0 Å². The summed E-state index contributed by atoms with van der Waals surface area (Å²) in [6.45, 7) is 9.45.